The van der Waals surface area contributed by atoms with Gasteiger partial charge in [0.2, 0.25) is 0 Å². The Morgan fingerprint density at radius 2 is 1.81 bits per heavy atom. The molecule has 0 spiro atoms. The molecule has 0 aliphatic carbocycles. The van der Waals surface area contributed by atoms with E-state index in [1.165, 1.54) is 7.11 Å². The number of benzene rings is 2. The number of hydrogen-bond donors (Lipinski definition) is 0. The zero-order chi connectivity index (χ0) is 18.8. The number of hydrogen-bond acceptors (Lipinski definition) is 5. The topological polar surface area (TPSA) is 69.9 Å². The fourth-order valence-electron chi connectivity index (χ4n) is 3.16. The summed E-state index contributed by atoms with van der Waals surface area (Å²) in [6.45, 7) is 1.99. The Kier molecular flexibility index (Phi) is 4.38. The van der Waals surface area contributed by atoms with Crippen LogP contribution in [0.1, 0.15) is 12.7 Å². The highest BCUT2D eigenvalue weighted by atomic mass is 16.5. The molecule has 0 radical (unpaired) electrons. The molecule has 2 aromatic heterocycles. The van der Waals surface area contributed by atoms with E-state index in [1.807, 2.05) is 55.5 Å². The highest BCUT2D eigenvalue weighted by molar-refractivity contribution is 5.93. The van der Waals surface area contributed by atoms with Crippen molar-refractivity contribution < 1.29 is 4.74 Å². The Labute approximate surface area is 156 Å². The predicted molar refractivity (Wildman–Crippen MR) is 104 cm³/mol. The van der Waals surface area contributed by atoms with Gasteiger partial charge in [-0.3, -0.25) is 9.36 Å². The number of rotatable bonds is 4. The minimum Gasteiger partial charge on any atom is -0.467 e. The Hall–Kier alpha value is -3.54. The van der Waals surface area contributed by atoms with Crippen molar-refractivity contribution in [2.24, 2.45) is 0 Å². The third kappa shape index (κ3) is 2.95. The van der Waals surface area contributed by atoms with Crippen LogP contribution in [0.3, 0.4) is 0 Å². The lowest BCUT2D eigenvalue weighted by molar-refractivity contribution is 0.380. The van der Waals surface area contributed by atoms with E-state index in [0.29, 0.717) is 28.6 Å². The Balaban J connectivity index is 2.07. The number of ether oxygens (including phenoxy) is 1. The minimum absolute atomic E-state index is 0.115. The molecule has 0 bridgehead atoms. The van der Waals surface area contributed by atoms with E-state index >= 15 is 0 Å². The van der Waals surface area contributed by atoms with Crippen LogP contribution in [0.15, 0.2) is 65.6 Å². The smallest absolute Gasteiger partial charge is 0.316 e. The lowest BCUT2D eigenvalue weighted by Crippen LogP contribution is -2.24. The van der Waals surface area contributed by atoms with Crippen LogP contribution in [0.2, 0.25) is 0 Å². The maximum Gasteiger partial charge on any atom is 0.316 e. The van der Waals surface area contributed by atoms with E-state index in [4.69, 9.17) is 9.72 Å². The first kappa shape index (κ1) is 16.9. The molecule has 0 amide bonds. The van der Waals surface area contributed by atoms with Gasteiger partial charge in [0.1, 0.15) is 5.82 Å². The second-order valence-electron chi connectivity index (χ2n) is 5.99. The van der Waals surface area contributed by atoms with E-state index < -0.39 is 0 Å². The SMILES string of the molecule is CCc1nc2cccc(-c3ccnc(OC)n3)c2c(=O)n1-c1ccccc1. The van der Waals surface area contributed by atoms with E-state index in [0.717, 1.165) is 11.5 Å². The normalized spacial score (nSPS) is 10.9. The monoisotopic (exact) mass is 358 g/mol. The standard InChI is InChI=1S/C21H18N4O2/c1-3-18-23-17-11-7-10-15(16-12-13-22-21(24-16)27-2)19(17)20(26)25(18)14-8-5-4-6-9-14/h4-13H,3H2,1-2H3. The summed E-state index contributed by atoms with van der Waals surface area (Å²) < 4.78 is 6.80. The molecule has 6 heteroatoms. The van der Waals surface area contributed by atoms with E-state index in [1.54, 1.807) is 16.8 Å². The van der Waals surface area contributed by atoms with Crippen LogP contribution in [-0.2, 0) is 6.42 Å². The summed E-state index contributed by atoms with van der Waals surface area (Å²) in [4.78, 5) is 26.7. The Bertz CT molecular complexity index is 1170. The molecular weight excluding hydrogens is 340 g/mol. The number of para-hydroxylation sites is 1. The molecule has 0 saturated heterocycles. The van der Waals surface area contributed by atoms with Crippen LogP contribution in [-0.4, -0.2) is 26.6 Å². The molecule has 27 heavy (non-hydrogen) atoms. The van der Waals surface area contributed by atoms with E-state index in [9.17, 15) is 4.79 Å². The molecule has 0 aliphatic rings. The van der Waals surface area contributed by atoms with Gasteiger partial charge in [-0.15, -0.1) is 0 Å². The number of aryl methyl sites for hydroxylation is 1. The number of methoxy groups -OCH3 is 1. The lowest BCUT2D eigenvalue weighted by atomic mass is 10.1. The van der Waals surface area contributed by atoms with Gasteiger partial charge in [0.05, 0.1) is 29.4 Å². The maximum absolute atomic E-state index is 13.5. The van der Waals surface area contributed by atoms with Crippen molar-refractivity contribution in [2.75, 3.05) is 7.11 Å². The molecular formula is C21H18N4O2. The third-order valence-electron chi connectivity index (χ3n) is 4.39. The maximum atomic E-state index is 13.5. The second kappa shape index (κ2) is 6.99. The first-order valence-electron chi connectivity index (χ1n) is 8.70. The lowest BCUT2D eigenvalue weighted by Gasteiger charge is -2.14. The number of aromatic nitrogens is 4. The molecule has 0 N–H and O–H groups in total. The predicted octanol–water partition coefficient (Wildman–Crippen LogP) is 3.41. The largest absolute Gasteiger partial charge is 0.467 e. The molecule has 2 heterocycles. The van der Waals surface area contributed by atoms with Crippen molar-refractivity contribution in [1.29, 1.82) is 0 Å². The van der Waals surface area contributed by atoms with Crippen molar-refractivity contribution in [3.63, 3.8) is 0 Å². The Morgan fingerprint density at radius 1 is 1.00 bits per heavy atom. The highest BCUT2D eigenvalue weighted by Crippen LogP contribution is 2.25. The molecule has 4 aromatic rings. The number of nitrogens with zero attached hydrogens (tertiary/aromatic N) is 4. The van der Waals surface area contributed by atoms with Crippen molar-refractivity contribution in [3.8, 4) is 23.0 Å². The zero-order valence-corrected chi connectivity index (χ0v) is 15.1. The minimum atomic E-state index is -0.115. The van der Waals surface area contributed by atoms with Crippen LogP contribution in [0.5, 0.6) is 6.01 Å². The summed E-state index contributed by atoms with van der Waals surface area (Å²) in [7, 11) is 1.51. The molecule has 6 nitrogen and oxygen atoms in total. The quantitative estimate of drug-likeness (QED) is 0.559. The van der Waals surface area contributed by atoms with Gasteiger partial charge in [-0.1, -0.05) is 37.3 Å². The van der Waals surface area contributed by atoms with Gasteiger partial charge < -0.3 is 4.74 Å². The van der Waals surface area contributed by atoms with Crippen LogP contribution < -0.4 is 10.3 Å². The van der Waals surface area contributed by atoms with Gasteiger partial charge in [0.25, 0.3) is 5.56 Å². The van der Waals surface area contributed by atoms with Crippen molar-refractivity contribution >= 4 is 10.9 Å². The van der Waals surface area contributed by atoms with Gasteiger partial charge in [-0.25, -0.2) is 9.97 Å². The van der Waals surface area contributed by atoms with Crippen molar-refractivity contribution in [2.45, 2.75) is 13.3 Å². The number of fused-ring (bicyclic) bond motifs is 1. The van der Waals surface area contributed by atoms with Gasteiger partial charge in [0, 0.05) is 18.2 Å². The zero-order valence-electron chi connectivity index (χ0n) is 15.1. The van der Waals surface area contributed by atoms with E-state index in [-0.39, 0.29) is 11.6 Å². The molecule has 4 rings (SSSR count). The molecule has 0 saturated carbocycles. The first-order valence-corrected chi connectivity index (χ1v) is 8.70. The van der Waals surface area contributed by atoms with Crippen LogP contribution >= 0.6 is 0 Å². The third-order valence-corrected chi connectivity index (χ3v) is 4.39. The van der Waals surface area contributed by atoms with Crippen LogP contribution in [0.4, 0.5) is 0 Å². The molecule has 2 aromatic carbocycles. The summed E-state index contributed by atoms with van der Waals surface area (Å²) in [5.74, 6) is 0.719. The molecule has 0 unspecified atom stereocenters. The van der Waals surface area contributed by atoms with Crippen LogP contribution in [0, 0.1) is 0 Å². The summed E-state index contributed by atoms with van der Waals surface area (Å²) in [5, 5.41) is 0.527. The van der Waals surface area contributed by atoms with Gasteiger partial charge >= 0.3 is 6.01 Å². The Morgan fingerprint density at radius 3 is 2.56 bits per heavy atom. The fraction of sp³-hybridized carbons (Fsp3) is 0.143. The molecule has 0 fully saturated rings. The summed E-state index contributed by atoms with van der Waals surface area (Å²) in [6.07, 6.45) is 2.26. The van der Waals surface area contributed by atoms with Gasteiger partial charge in [-0.2, -0.15) is 4.98 Å². The van der Waals surface area contributed by atoms with Crippen molar-refractivity contribution in [3.05, 3.63) is 77.0 Å². The average molecular weight is 358 g/mol. The second-order valence-corrected chi connectivity index (χ2v) is 5.99. The van der Waals surface area contributed by atoms with Gasteiger partial charge in [0.15, 0.2) is 0 Å². The molecule has 134 valence electrons. The molecule has 0 aliphatic heterocycles. The summed E-state index contributed by atoms with van der Waals surface area (Å²) >= 11 is 0. The highest BCUT2D eigenvalue weighted by Gasteiger charge is 2.16. The molecule has 0 atom stereocenters. The summed E-state index contributed by atoms with van der Waals surface area (Å²) in [5.41, 5.74) is 2.66. The average Bonchev–Trinajstić information content (AvgIpc) is 2.73. The van der Waals surface area contributed by atoms with Crippen LogP contribution in [0.25, 0.3) is 27.8 Å². The fourth-order valence-corrected chi connectivity index (χ4v) is 3.16. The van der Waals surface area contributed by atoms with E-state index in [2.05, 4.69) is 9.97 Å². The summed E-state index contributed by atoms with van der Waals surface area (Å²) in [6, 6.07) is 17.2. The first-order chi connectivity index (χ1) is 13.2. The van der Waals surface area contributed by atoms with Crippen molar-refractivity contribution in [1.82, 2.24) is 19.5 Å². The van der Waals surface area contributed by atoms with Gasteiger partial charge in [-0.05, 0) is 24.3 Å².